The molecule has 0 bridgehead atoms. The number of aryl methyl sites for hydroxylation is 2. The van der Waals surface area contributed by atoms with Crippen molar-refractivity contribution in [2.45, 2.75) is 41.0 Å². The lowest BCUT2D eigenvalue weighted by atomic mass is 9.89. The third kappa shape index (κ3) is 4.41. The Morgan fingerprint density at radius 2 is 1.81 bits per heavy atom. The molecule has 6 heteroatoms. The maximum Gasteiger partial charge on any atom is 0.274 e. The number of amides is 1. The Bertz CT molecular complexity index is 1550. The molecular weight excluding hydrogens is 460 g/mol. The molecule has 2 aliphatic heterocycles. The van der Waals surface area contributed by atoms with E-state index in [-0.39, 0.29) is 5.91 Å². The van der Waals surface area contributed by atoms with Crippen molar-refractivity contribution < 1.29 is 9.21 Å². The number of rotatable bonds is 6. The maximum absolute atomic E-state index is 13.6. The van der Waals surface area contributed by atoms with Gasteiger partial charge in [0.05, 0.1) is 5.36 Å². The molecule has 0 atom stereocenters. The zero-order chi connectivity index (χ0) is 26.1. The molecule has 0 spiro atoms. The fourth-order valence-electron chi connectivity index (χ4n) is 5.29. The largest absolute Gasteiger partial charge is 0.456 e. The number of benzene rings is 3. The molecule has 2 aromatic rings. The highest BCUT2D eigenvalue weighted by atomic mass is 16.3. The van der Waals surface area contributed by atoms with Gasteiger partial charge in [-0.25, -0.2) is 5.01 Å². The molecule has 0 fully saturated rings. The van der Waals surface area contributed by atoms with Crippen LogP contribution in [0.3, 0.4) is 0 Å². The minimum Gasteiger partial charge on any atom is -0.456 e. The van der Waals surface area contributed by atoms with Crippen LogP contribution < -0.4 is 10.3 Å². The van der Waals surface area contributed by atoms with Crippen molar-refractivity contribution in [2.24, 2.45) is 10.1 Å². The SMILES string of the molecule is CCN=c1cc2oc3cc(N(CC)CC)c(C)cc3c(-c3ccccc3C(=O)N3CCC=N3)c-2cc1C. The maximum atomic E-state index is 13.6. The molecule has 0 radical (unpaired) electrons. The third-order valence-corrected chi connectivity index (χ3v) is 7.14. The Balaban J connectivity index is 1.87. The topological polar surface area (TPSA) is 61.4 Å². The van der Waals surface area contributed by atoms with Crippen molar-refractivity contribution in [3.63, 3.8) is 0 Å². The van der Waals surface area contributed by atoms with Gasteiger partial charge in [-0.05, 0) is 69.5 Å². The summed E-state index contributed by atoms with van der Waals surface area (Å²) in [7, 11) is 0. The molecule has 0 unspecified atom stereocenters. The van der Waals surface area contributed by atoms with Crippen molar-refractivity contribution in [3.05, 3.63) is 70.6 Å². The summed E-state index contributed by atoms with van der Waals surface area (Å²) >= 11 is 0. The van der Waals surface area contributed by atoms with Crippen LogP contribution in [0.2, 0.25) is 0 Å². The molecule has 190 valence electrons. The van der Waals surface area contributed by atoms with Crippen molar-refractivity contribution in [3.8, 4) is 22.5 Å². The normalized spacial score (nSPS) is 13.8. The number of nitrogens with zero attached hydrogens (tertiary/aromatic N) is 4. The molecular formula is C31H34N4O2. The summed E-state index contributed by atoms with van der Waals surface area (Å²) in [4.78, 5) is 20.6. The van der Waals surface area contributed by atoms with Crippen LogP contribution in [-0.2, 0) is 0 Å². The molecule has 0 saturated carbocycles. The van der Waals surface area contributed by atoms with E-state index in [9.17, 15) is 4.79 Å². The number of hydrogen-bond donors (Lipinski definition) is 0. The fourth-order valence-corrected chi connectivity index (χ4v) is 5.29. The summed E-state index contributed by atoms with van der Waals surface area (Å²) in [5, 5.41) is 7.78. The molecule has 0 aromatic heterocycles. The lowest BCUT2D eigenvalue weighted by Crippen LogP contribution is -2.24. The van der Waals surface area contributed by atoms with E-state index in [1.54, 1.807) is 11.2 Å². The fraction of sp³-hybridized carbons (Fsp3) is 0.323. The van der Waals surface area contributed by atoms with E-state index < -0.39 is 0 Å². The van der Waals surface area contributed by atoms with E-state index in [1.807, 2.05) is 37.3 Å². The van der Waals surface area contributed by atoms with Gasteiger partial charge in [0.1, 0.15) is 11.3 Å². The number of anilines is 1. The predicted octanol–water partition coefficient (Wildman–Crippen LogP) is 6.42. The molecule has 37 heavy (non-hydrogen) atoms. The highest BCUT2D eigenvalue weighted by molar-refractivity contribution is 6.09. The molecule has 3 aliphatic rings. The van der Waals surface area contributed by atoms with Gasteiger partial charge < -0.3 is 9.32 Å². The Morgan fingerprint density at radius 3 is 2.51 bits per heavy atom. The van der Waals surface area contributed by atoms with Crippen LogP contribution in [0.4, 0.5) is 5.69 Å². The summed E-state index contributed by atoms with van der Waals surface area (Å²) in [6.45, 7) is 13.7. The first-order chi connectivity index (χ1) is 18.0. The van der Waals surface area contributed by atoms with Crippen LogP contribution in [0.15, 0.2) is 63.0 Å². The number of hydrogen-bond acceptors (Lipinski definition) is 5. The van der Waals surface area contributed by atoms with Gasteiger partial charge in [-0.2, -0.15) is 5.10 Å². The van der Waals surface area contributed by atoms with Crippen LogP contribution in [0, 0.1) is 13.8 Å². The number of carbonyl (C=O) groups is 1. The molecule has 2 heterocycles. The third-order valence-electron chi connectivity index (χ3n) is 7.14. The Hall–Kier alpha value is -3.93. The van der Waals surface area contributed by atoms with Crippen molar-refractivity contribution >= 4 is 28.8 Å². The minimum atomic E-state index is -0.0859. The summed E-state index contributed by atoms with van der Waals surface area (Å²) in [5.41, 5.74) is 7.71. The van der Waals surface area contributed by atoms with Gasteiger partial charge >= 0.3 is 0 Å². The van der Waals surface area contributed by atoms with E-state index in [0.29, 0.717) is 18.7 Å². The first-order valence-corrected chi connectivity index (χ1v) is 13.2. The second kappa shape index (κ2) is 10.2. The van der Waals surface area contributed by atoms with Crippen LogP contribution >= 0.6 is 0 Å². The average molecular weight is 495 g/mol. The monoisotopic (exact) mass is 494 g/mol. The first-order valence-electron chi connectivity index (χ1n) is 13.2. The average Bonchev–Trinajstić information content (AvgIpc) is 3.44. The molecule has 5 rings (SSSR count). The van der Waals surface area contributed by atoms with Crippen molar-refractivity contribution in [1.29, 1.82) is 0 Å². The standard InChI is InChI=1S/C31H34N4O2/c1-6-32-26-18-28-24(16-20(26)4)30(22-12-9-10-13-23(22)31(36)35-15-11-14-33-35)25-17-21(5)27(19-29(25)37-28)34(7-2)8-3/h9-10,12-14,16-19H,6-8,11,15H2,1-5H3. The quantitative estimate of drug-likeness (QED) is 0.291. The van der Waals surface area contributed by atoms with E-state index in [4.69, 9.17) is 4.42 Å². The van der Waals surface area contributed by atoms with Crippen LogP contribution in [0.1, 0.15) is 48.7 Å². The van der Waals surface area contributed by atoms with Crippen LogP contribution in [-0.4, -0.2) is 43.3 Å². The van der Waals surface area contributed by atoms with Gasteiger partial charge in [-0.15, -0.1) is 0 Å². The van der Waals surface area contributed by atoms with Gasteiger partial charge in [0.15, 0.2) is 0 Å². The van der Waals surface area contributed by atoms with Crippen molar-refractivity contribution in [1.82, 2.24) is 5.01 Å². The van der Waals surface area contributed by atoms with Crippen molar-refractivity contribution in [2.75, 3.05) is 31.1 Å². The molecule has 0 N–H and O–H groups in total. The summed E-state index contributed by atoms with van der Waals surface area (Å²) in [5.74, 6) is 0.674. The van der Waals surface area contributed by atoms with E-state index in [1.165, 1.54) is 5.56 Å². The van der Waals surface area contributed by atoms with E-state index in [0.717, 1.165) is 69.5 Å². The summed E-state index contributed by atoms with van der Waals surface area (Å²) in [6, 6.07) is 16.4. The molecule has 1 amide bonds. The Kier molecular flexibility index (Phi) is 6.83. The highest BCUT2D eigenvalue weighted by Gasteiger charge is 2.26. The van der Waals surface area contributed by atoms with Gasteiger partial charge in [0.25, 0.3) is 5.91 Å². The second-order valence-corrected chi connectivity index (χ2v) is 9.45. The number of fused-ring (bicyclic) bond motifs is 2. The van der Waals surface area contributed by atoms with Gasteiger partial charge in [0.2, 0.25) is 0 Å². The van der Waals surface area contributed by atoms with E-state index >= 15 is 0 Å². The number of carbonyl (C=O) groups excluding carboxylic acids is 1. The minimum absolute atomic E-state index is 0.0859. The Labute approximate surface area is 218 Å². The predicted molar refractivity (Wildman–Crippen MR) is 152 cm³/mol. The molecule has 2 aromatic carbocycles. The molecule has 0 saturated heterocycles. The lowest BCUT2D eigenvalue weighted by molar-refractivity contribution is 0.0779. The first kappa shape index (κ1) is 24.8. The molecule has 6 nitrogen and oxygen atoms in total. The molecule has 1 aliphatic carbocycles. The number of hydrazone groups is 1. The smallest absolute Gasteiger partial charge is 0.274 e. The summed E-state index contributed by atoms with van der Waals surface area (Å²) in [6.07, 6.45) is 2.58. The van der Waals surface area contributed by atoms with Gasteiger partial charge in [0, 0.05) is 78.7 Å². The second-order valence-electron chi connectivity index (χ2n) is 9.45. The highest BCUT2D eigenvalue weighted by Crippen LogP contribution is 2.43. The van der Waals surface area contributed by atoms with Gasteiger partial charge in [-0.3, -0.25) is 9.79 Å². The van der Waals surface area contributed by atoms with Crippen LogP contribution in [0.5, 0.6) is 0 Å². The Morgan fingerprint density at radius 1 is 1.03 bits per heavy atom. The van der Waals surface area contributed by atoms with Gasteiger partial charge in [-0.1, -0.05) is 18.2 Å². The van der Waals surface area contributed by atoms with Crippen LogP contribution in [0.25, 0.3) is 33.4 Å². The van der Waals surface area contributed by atoms with E-state index in [2.05, 4.69) is 60.9 Å². The zero-order valence-corrected chi connectivity index (χ0v) is 22.3. The lowest BCUT2D eigenvalue weighted by Gasteiger charge is -2.25. The summed E-state index contributed by atoms with van der Waals surface area (Å²) < 4.78 is 6.58. The zero-order valence-electron chi connectivity index (χ0n) is 22.3.